The lowest BCUT2D eigenvalue weighted by Crippen LogP contribution is -2.45. The Kier molecular flexibility index (Phi) is 69.4. The van der Waals surface area contributed by atoms with Crippen LogP contribution in [0.1, 0.15) is 418 Å². The lowest BCUT2D eigenvalue weighted by atomic mass is 10.0. The first-order chi connectivity index (χ1) is 40.0. The fraction of sp³-hybridized carbons (Fsp3) is 0.920. The average molecular weight is 1140 g/mol. The molecule has 3 N–H and O–H groups in total. The second-order valence-electron chi connectivity index (χ2n) is 25.6. The number of aliphatic hydroxyl groups excluding tert-OH is 2. The highest BCUT2D eigenvalue weighted by Crippen LogP contribution is 2.19. The molecule has 0 aromatic carbocycles. The van der Waals surface area contributed by atoms with Gasteiger partial charge in [-0.25, -0.2) is 0 Å². The molecule has 0 saturated heterocycles. The molecule has 81 heavy (non-hydrogen) atoms. The Labute approximate surface area is 507 Å². The Balaban J connectivity index is 3.37. The molecule has 0 aliphatic carbocycles. The molecule has 0 bridgehead atoms. The summed E-state index contributed by atoms with van der Waals surface area (Å²) in [6, 6.07) is -0.542. The van der Waals surface area contributed by atoms with Gasteiger partial charge in [-0.3, -0.25) is 9.59 Å². The maximum atomic E-state index is 12.5. The number of allylic oxidation sites excluding steroid dienone is 4. The Hall–Kier alpha value is -1.66. The number of nitrogens with one attached hydrogen (secondary N) is 1. The largest absolute Gasteiger partial charge is 0.466 e. The summed E-state index contributed by atoms with van der Waals surface area (Å²) < 4.78 is 5.51. The van der Waals surface area contributed by atoms with E-state index in [1.807, 2.05) is 0 Å². The summed E-state index contributed by atoms with van der Waals surface area (Å²) >= 11 is 0. The van der Waals surface area contributed by atoms with E-state index >= 15 is 0 Å². The molecule has 6 nitrogen and oxygen atoms in total. The number of carbonyl (C=O) groups is 2. The normalized spacial score (nSPS) is 12.6. The van der Waals surface area contributed by atoms with Gasteiger partial charge in [-0.2, -0.15) is 0 Å². The molecular formula is C75H145NO5. The number of hydrogen-bond acceptors (Lipinski definition) is 5. The zero-order valence-corrected chi connectivity index (χ0v) is 55.0. The van der Waals surface area contributed by atoms with E-state index in [2.05, 4.69) is 43.5 Å². The molecule has 0 aliphatic rings. The monoisotopic (exact) mass is 1140 g/mol. The van der Waals surface area contributed by atoms with Crippen molar-refractivity contribution in [2.45, 2.75) is 431 Å². The fourth-order valence-electron chi connectivity index (χ4n) is 11.9. The van der Waals surface area contributed by atoms with Crippen LogP contribution in [0.5, 0.6) is 0 Å². The van der Waals surface area contributed by atoms with Crippen molar-refractivity contribution in [2.24, 2.45) is 0 Å². The standard InChI is InChI=1S/C75H145NO5/c1-3-5-7-9-11-13-15-17-19-21-33-37-41-45-49-53-57-61-65-69-75(80)81-70-66-62-58-54-50-46-42-38-35-32-30-28-26-24-22-23-25-27-29-31-34-36-40-44-48-52-56-60-64-68-74(79)76-72(71-77)73(78)67-63-59-55-51-47-43-39-20-18-16-14-12-10-8-6-4-2/h22,24,28,30,72-73,77-78H,3-21,23,25-27,29,31-71H2,1-2H3,(H,76,79)/b24-22-,30-28-. The van der Waals surface area contributed by atoms with E-state index in [1.54, 1.807) is 0 Å². The molecule has 0 aromatic heterocycles. The number of carbonyl (C=O) groups excluding carboxylic acids is 2. The molecule has 2 atom stereocenters. The Morgan fingerprint density at radius 2 is 0.617 bits per heavy atom. The second kappa shape index (κ2) is 70.8. The van der Waals surface area contributed by atoms with Crippen LogP contribution < -0.4 is 5.32 Å². The molecule has 0 spiro atoms. The summed E-state index contributed by atoms with van der Waals surface area (Å²) in [5.74, 6) is -0.0149. The maximum absolute atomic E-state index is 12.5. The van der Waals surface area contributed by atoms with Gasteiger partial charge < -0.3 is 20.3 Å². The van der Waals surface area contributed by atoms with Gasteiger partial charge in [0.25, 0.3) is 0 Å². The predicted octanol–water partition coefficient (Wildman–Crippen LogP) is 24.1. The van der Waals surface area contributed by atoms with Gasteiger partial charge in [0.05, 0.1) is 25.4 Å². The van der Waals surface area contributed by atoms with Gasteiger partial charge in [0.2, 0.25) is 5.91 Å². The quantitative estimate of drug-likeness (QED) is 0.0320. The van der Waals surface area contributed by atoms with Gasteiger partial charge in [-0.15, -0.1) is 0 Å². The smallest absolute Gasteiger partial charge is 0.305 e. The number of esters is 1. The van der Waals surface area contributed by atoms with Gasteiger partial charge in [-0.05, 0) is 57.8 Å². The minimum absolute atomic E-state index is 0.0177. The molecule has 480 valence electrons. The minimum atomic E-state index is -0.665. The molecule has 1 amide bonds. The van der Waals surface area contributed by atoms with Crippen LogP contribution in [0.15, 0.2) is 24.3 Å². The highest BCUT2D eigenvalue weighted by molar-refractivity contribution is 5.76. The van der Waals surface area contributed by atoms with E-state index < -0.39 is 12.1 Å². The maximum Gasteiger partial charge on any atom is 0.305 e. The molecule has 6 heteroatoms. The van der Waals surface area contributed by atoms with E-state index in [4.69, 9.17) is 4.74 Å². The highest BCUT2D eigenvalue weighted by atomic mass is 16.5. The Morgan fingerprint density at radius 3 is 0.938 bits per heavy atom. The van der Waals surface area contributed by atoms with Crippen LogP contribution in [0, 0.1) is 0 Å². The first-order valence-electron chi connectivity index (χ1n) is 37.1. The third-order valence-corrected chi connectivity index (χ3v) is 17.5. The van der Waals surface area contributed by atoms with E-state index in [-0.39, 0.29) is 18.5 Å². The van der Waals surface area contributed by atoms with Crippen LogP contribution in [0.4, 0.5) is 0 Å². The fourth-order valence-corrected chi connectivity index (χ4v) is 11.9. The lowest BCUT2D eigenvalue weighted by molar-refractivity contribution is -0.143. The number of aliphatic hydroxyl groups is 2. The summed E-state index contributed by atoms with van der Waals surface area (Å²) in [6.45, 7) is 5.00. The summed E-state index contributed by atoms with van der Waals surface area (Å²) in [5.41, 5.74) is 0. The van der Waals surface area contributed by atoms with Gasteiger partial charge in [0.15, 0.2) is 0 Å². The average Bonchev–Trinajstić information content (AvgIpc) is 3.47. The summed E-state index contributed by atoms with van der Waals surface area (Å²) in [4.78, 5) is 24.6. The topological polar surface area (TPSA) is 95.9 Å². The van der Waals surface area contributed by atoms with Crippen LogP contribution >= 0.6 is 0 Å². The van der Waals surface area contributed by atoms with Crippen molar-refractivity contribution < 1.29 is 24.5 Å². The van der Waals surface area contributed by atoms with E-state index in [1.165, 1.54) is 340 Å². The van der Waals surface area contributed by atoms with Gasteiger partial charge in [-0.1, -0.05) is 372 Å². The molecule has 0 fully saturated rings. The van der Waals surface area contributed by atoms with Gasteiger partial charge in [0.1, 0.15) is 0 Å². The van der Waals surface area contributed by atoms with E-state index in [0.717, 1.165) is 44.9 Å². The van der Waals surface area contributed by atoms with Crippen LogP contribution in [-0.4, -0.2) is 47.4 Å². The number of hydrogen-bond donors (Lipinski definition) is 3. The molecular weight excluding hydrogens is 995 g/mol. The molecule has 0 rings (SSSR count). The molecule has 2 unspecified atom stereocenters. The van der Waals surface area contributed by atoms with Crippen LogP contribution in [-0.2, 0) is 14.3 Å². The summed E-state index contributed by atoms with van der Waals surface area (Å²) in [6.07, 6.45) is 89.6. The van der Waals surface area contributed by atoms with Crippen LogP contribution in [0.2, 0.25) is 0 Å². The third-order valence-electron chi connectivity index (χ3n) is 17.5. The Morgan fingerprint density at radius 1 is 0.346 bits per heavy atom. The zero-order valence-electron chi connectivity index (χ0n) is 55.0. The number of amides is 1. The molecule has 0 radical (unpaired) electrons. The molecule has 0 aliphatic heterocycles. The minimum Gasteiger partial charge on any atom is -0.466 e. The SMILES string of the molecule is CCCCCCCCCCCCCCCCCCCCCC(=O)OCCCCCCCCCCC/C=C\C/C=C\CCCCCCCCCCCCCCCC(=O)NC(CO)C(O)CCCCCCCCCCCCCCCCCC. The third kappa shape index (κ3) is 67.3. The zero-order chi connectivity index (χ0) is 58.5. The van der Waals surface area contributed by atoms with Crippen molar-refractivity contribution in [3.63, 3.8) is 0 Å². The Bertz CT molecular complexity index is 1270. The second-order valence-corrected chi connectivity index (χ2v) is 25.6. The number of ether oxygens (including phenoxy) is 1. The molecule has 0 heterocycles. The van der Waals surface area contributed by atoms with Crippen LogP contribution in [0.25, 0.3) is 0 Å². The van der Waals surface area contributed by atoms with Crippen LogP contribution in [0.3, 0.4) is 0 Å². The molecule has 0 saturated carbocycles. The van der Waals surface area contributed by atoms with Crippen molar-refractivity contribution in [1.29, 1.82) is 0 Å². The van der Waals surface area contributed by atoms with Gasteiger partial charge in [0, 0.05) is 12.8 Å². The van der Waals surface area contributed by atoms with Crippen molar-refractivity contribution >= 4 is 11.9 Å². The van der Waals surface area contributed by atoms with E-state index in [0.29, 0.717) is 25.9 Å². The number of unbranched alkanes of at least 4 members (excludes halogenated alkanes) is 55. The first-order valence-corrected chi connectivity index (χ1v) is 37.1. The van der Waals surface area contributed by atoms with Gasteiger partial charge >= 0.3 is 5.97 Å². The lowest BCUT2D eigenvalue weighted by Gasteiger charge is -2.22. The first kappa shape index (κ1) is 79.3. The van der Waals surface area contributed by atoms with E-state index in [9.17, 15) is 19.8 Å². The van der Waals surface area contributed by atoms with Crippen molar-refractivity contribution in [1.82, 2.24) is 5.32 Å². The summed E-state index contributed by atoms with van der Waals surface area (Å²) in [5, 5.41) is 23.4. The molecule has 0 aromatic rings. The highest BCUT2D eigenvalue weighted by Gasteiger charge is 2.20. The number of rotatable bonds is 70. The van der Waals surface area contributed by atoms with Crippen molar-refractivity contribution in [2.75, 3.05) is 13.2 Å². The van der Waals surface area contributed by atoms with Crippen molar-refractivity contribution in [3.05, 3.63) is 24.3 Å². The predicted molar refractivity (Wildman–Crippen MR) is 356 cm³/mol. The summed E-state index contributed by atoms with van der Waals surface area (Å²) in [7, 11) is 0. The van der Waals surface area contributed by atoms with Crippen molar-refractivity contribution in [3.8, 4) is 0 Å².